The van der Waals surface area contributed by atoms with Crippen LogP contribution in [0.4, 0.5) is 18.4 Å². The number of ether oxygens (including phenoxy) is 4. The molecule has 0 unspecified atom stereocenters. The van der Waals surface area contributed by atoms with Crippen molar-refractivity contribution in [1.29, 1.82) is 0 Å². The Hall–Kier alpha value is -4.10. The van der Waals surface area contributed by atoms with Crippen LogP contribution in [0.3, 0.4) is 0 Å². The second kappa shape index (κ2) is 12.9. The number of hydrogen-bond acceptors (Lipinski definition) is 9. The molecule has 5 rings (SSSR count). The highest BCUT2D eigenvalue weighted by Gasteiger charge is 2.35. The molecule has 2 saturated carbocycles. The fourth-order valence-corrected chi connectivity index (χ4v) is 4.64. The van der Waals surface area contributed by atoms with Gasteiger partial charge in [0.05, 0.1) is 18.7 Å². The van der Waals surface area contributed by atoms with Crippen LogP contribution in [0.25, 0.3) is 11.5 Å². The van der Waals surface area contributed by atoms with E-state index in [0.717, 1.165) is 25.7 Å². The molecule has 1 aromatic heterocycles. The molecule has 12 nitrogen and oxygen atoms in total. The smallest absolute Gasteiger partial charge is 0.408 e. The maximum Gasteiger partial charge on any atom is 0.408 e. The van der Waals surface area contributed by atoms with E-state index in [0.29, 0.717) is 31.1 Å². The fraction of sp³-hybridized carbons (Fsp3) is 0.600. The molecule has 2 heterocycles. The number of aromatic nitrogens is 1. The van der Waals surface area contributed by atoms with Gasteiger partial charge in [0.1, 0.15) is 11.7 Å². The van der Waals surface area contributed by atoms with Gasteiger partial charge in [-0.1, -0.05) is 0 Å². The van der Waals surface area contributed by atoms with Crippen LogP contribution in [0.15, 0.2) is 22.6 Å². The van der Waals surface area contributed by atoms with Gasteiger partial charge >= 0.3 is 18.8 Å². The predicted molar refractivity (Wildman–Crippen MR) is 152 cm³/mol. The number of hydrogen-bond donors (Lipinski definition) is 2. The van der Waals surface area contributed by atoms with Crippen molar-refractivity contribution in [3.8, 4) is 23.0 Å². The largest absolute Gasteiger partial charge is 0.489 e. The first-order valence-corrected chi connectivity index (χ1v) is 14.8. The Morgan fingerprint density at radius 3 is 2.50 bits per heavy atom. The first-order valence-electron chi connectivity index (χ1n) is 14.8. The van der Waals surface area contributed by atoms with Crippen LogP contribution in [-0.2, 0) is 9.47 Å². The summed E-state index contributed by atoms with van der Waals surface area (Å²) in [6.45, 7) is 4.67. The van der Waals surface area contributed by atoms with Gasteiger partial charge in [-0.05, 0) is 83.9 Å². The molecular formula is C30H38F2N4O8. The zero-order valence-electron chi connectivity index (χ0n) is 25.2. The third-order valence-electron chi connectivity index (χ3n) is 7.16. The summed E-state index contributed by atoms with van der Waals surface area (Å²) in [5.74, 6) is -0.0611. The van der Waals surface area contributed by atoms with Gasteiger partial charge in [0, 0.05) is 18.7 Å². The van der Waals surface area contributed by atoms with Crippen LogP contribution in [0, 0.1) is 5.92 Å². The van der Waals surface area contributed by atoms with E-state index in [2.05, 4.69) is 20.4 Å². The number of amides is 3. The molecule has 0 radical (unpaired) electrons. The highest BCUT2D eigenvalue weighted by molar-refractivity contribution is 5.94. The molecule has 0 spiro atoms. The Balaban J connectivity index is 1.39. The molecular weight excluding hydrogens is 582 g/mol. The Bertz CT molecular complexity index is 1370. The minimum atomic E-state index is -3.05. The van der Waals surface area contributed by atoms with Crippen LogP contribution >= 0.6 is 0 Å². The Morgan fingerprint density at radius 1 is 1.09 bits per heavy atom. The van der Waals surface area contributed by atoms with Crippen molar-refractivity contribution < 1.29 is 46.5 Å². The minimum Gasteiger partial charge on any atom is -0.489 e. The van der Waals surface area contributed by atoms with Gasteiger partial charge in [0.25, 0.3) is 5.91 Å². The van der Waals surface area contributed by atoms with E-state index in [1.807, 2.05) is 0 Å². The summed E-state index contributed by atoms with van der Waals surface area (Å²) in [6.07, 6.45) is 2.95. The molecule has 240 valence electrons. The summed E-state index contributed by atoms with van der Waals surface area (Å²) in [5, 5.41) is 5.48. The van der Waals surface area contributed by atoms with Crippen LogP contribution < -0.4 is 20.1 Å². The lowest BCUT2D eigenvalue weighted by atomic mass is 10.2. The second-order valence-electron chi connectivity index (χ2n) is 12.4. The van der Waals surface area contributed by atoms with Crippen molar-refractivity contribution >= 4 is 18.1 Å². The van der Waals surface area contributed by atoms with Crippen LogP contribution in [-0.4, -0.2) is 72.0 Å². The van der Waals surface area contributed by atoms with Crippen molar-refractivity contribution in [2.75, 3.05) is 19.7 Å². The monoisotopic (exact) mass is 620 g/mol. The summed E-state index contributed by atoms with van der Waals surface area (Å²) >= 11 is 0. The van der Waals surface area contributed by atoms with Gasteiger partial charge in [0.15, 0.2) is 23.0 Å². The SMILES string of the molecule is C[C@H](NC(=O)OC(C)(C)C)c1oc(-c2ccc(OC(F)F)c(OCC3CC3)c2)nc1C(=O)N1CC[C@@H](NC(=O)OC2CC2)C1. The molecule has 2 aromatic rings. The molecule has 3 amide bonds. The Kier molecular flexibility index (Phi) is 9.16. The number of alkyl carbamates (subject to hydrolysis) is 2. The lowest BCUT2D eigenvalue weighted by molar-refractivity contribution is -0.0515. The lowest BCUT2D eigenvalue weighted by Gasteiger charge is -2.22. The number of carbonyl (C=O) groups excluding carboxylic acids is 3. The molecule has 44 heavy (non-hydrogen) atoms. The van der Waals surface area contributed by atoms with E-state index in [9.17, 15) is 23.2 Å². The molecule has 14 heteroatoms. The first-order chi connectivity index (χ1) is 20.8. The van der Waals surface area contributed by atoms with Crippen molar-refractivity contribution in [2.45, 2.75) is 90.2 Å². The normalized spacial score (nSPS) is 19.0. The number of rotatable bonds is 11. The molecule has 2 atom stereocenters. The number of halogens is 2. The van der Waals surface area contributed by atoms with E-state index in [4.69, 9.17) is 18.6 Å². The number of nitrogens with one attached hydrogen (secondary N) is 2. The van der Waals surface area contributed by atoms with Crippen molar-refractivity contribution in [3.05, 3.63) is 29.7 Å². The van der Waals surface area contributed by atoms with Crippen molar-refractivity contribution in [3.63, 3.8) is 0 Å². The minimum absolute atomic E-state index is 0.0166. The van der Waals surface area contributed by atoms with Crippen molar-refractivity contribution in [2.24, 2.45) is 5.92 Å². The van der Waals surface area contributed by atoms with Gasteiger partial charge in [-0.2, -0.15) is 8.78 Å². The Morgan fingerprint density at radius 2 is 1.84 bits per heavy atom. The maximum atomic E-state index is 13.8. The van der Waals surface area contributed by atoms with Gasteiger partial charge in [-0.3, -0.25) is 4.79 Å². The zero-order chi connectivity index (χ0) is 31.6. The molecule has 1 saturated heterocycles. The predicted octanol–water partition coefficient (Wildman–Crippen LogP) is 5.42. The zero-order valence-corrected chi connectivity index (χ0v) is 25.2. The highest BCUT2D eigenvalue weighted by atomic mass is 19.3. The van der Waals surface area contributed by atoms with Crippen LogP contribution in [0.2, 0.25) is 0 Å². The van der Waals surface area contributed by atoms with Gasteiger partial charge < -0.3 is 38.9 Å². The van der Waals surface area contributed by atoms with E-state index >= 15 is 0 Å². The topological polar surface area (TPSA) is 141 Å². The standard InChI is InChI=1S/C30H38F2N4O8/c1-16(33-29(39)44-30(2,3)4)24-23(26(37)36-12-11-19(14-36)34-28(38)41-20-8-9-20)35-25(43-24)18-7-10-21(42-27(31)32)22(13-18)40-15-17-5-6-17/h7,10,13,16-17,19-20,27H,5-6,8-9,11-12,14-15H2,1-4H3,(H,33,39)(H,34,38)/t16-,19+/m0/s1. The van der Waals surface area contributed by atoms with Crippen LogP contribution in [0.1, 0.15) is 82.1 Å². The number of nitrogens with zero attached hydrogens (tertiary/aromatic N) is 2. The Labute approximate surface area is 253 Å². The average molecular weight is 621 g/mol. The molecule has 0 bridgehead atoms. The van der Waals surface area contributed by atoms with E-state index in [1.165, 1.54) is 23.1 Å². The van der Waals surface area contributed by atoms with E-state index in [-0.39, 0.29) is 47.5 Å². The fourth-order valence-electron chi connectivity index (χ4n) is 4.64. The molecule has 3 fully saturated rings. The first kappa shape index (κ1) is 31.3. The van der Waals surface area contributed by atoms with Gasteiger partial charge in [0.2, 0.25) is 5.89 Å². The lowest BCUT2D eigenvalue weighted by Crippen LogP contribution is -2.39. The summed E-state index contributed by atoms with van der Waals surface area (Å²) in [5.41, 5.74) is -0.448. The van der Waals surface area contributed by atoms with Gasteiger partial charge in [-0.25, -0.2) is 14.6 Å². The number of oxazole rings is 1. The second-order valence-corrected chi connectivity index (χ2v) is 12.4. The van der Waals surface area contributed by atoms with Gasteiger partial charge in [-0.15, -0.1) is 0 Å². The van der Waals surface area contributed by atoms with E-state index < -0.39 is 36.3 Å². The average Bonchev–Trinajstić information content (AvgIpc) is 3.84. The summed E-state index contributed by atoms with van der Waals surface area (Å²) in [7, 11) is 0. The quantitative estimate of drug-likeness (QED) is 0.337. The number of carbonyl (C=O) groups is 3. The van der Waals surface area contributed by atoms with Crippen molar-refractivity contribution in [1.82, 2.24) is 20.5 Å². The number of alkyl halides is 2. The third kappa shape index (κ3) is 8.50. The van der Waals surface area contributed by atoms with Crippen LogP contribution in [0.5, 0.6) is 11.5 Å². The highest BCUT2D eigenvalue weighted by Crippen LogP contribution is 2.37. The molecule has 3 aliphatic rings. The third-order valence-corrected chi connectivity index (χ3v) is 7.16. The summed E-state index contributed by atoms with van der Waals surface area (Å²) < 4.78 is 53.2. The summed E-state index contributed by atoms with van der Waals surface area (Å²) in [6, 6.07) is 3.14. The molecule has 1 aliphatic heterocycles. The number of benzene rings is 1. The maximum absolute atomic E-state index is 13.8. The molecule has 2 aliphatic carbocycles. The van der Waals surface area contributed by atoms with E-state index in [1.54, 1.807) is 27.7 Å². The molecule has 2 N–H and O–H groups in total. The number of likely N-dealkylation sites (tertiary alicyclic amines) is 1. The molecule has 1 aromatic carbocycles. The summed E-state index contributed by atoms with van der Waals surface area (Å²) in [4.78, 5) is 44.5.